The molecular formula is C13H12F3NO2. The van der Waals surface area contributed by atoms with Gasteiger partial charge in [-0.15, -0.1) is 0 Å². The van der Waals surface area contributed by atoms with Crippen molar-refractivity contribution < 1.29 is 22.3 Å². The van der Waals surface area contributed by atoms with E-state index in [2.05, 4.69) is 0 Å². The predicted molar refractivity (Wildman–Crippen MR) is 61.8 cm³/mol. The summed E-state index contributed by atoms with van der Waals surface area (Å²) in [6.07, 6.45) is 0. The predicted octanol–water partition coefficient (Wildman–Crippen LogP) is 2.89. The lowest BCUT2D eigenvalue weighted by molar-refractivity contribution is 0.162. The van der Waals surface area contributed by atoms with E-state index in [0.717, 1.165) is 12.1 Å². The summed E-state index contributed by atoms with van der Waals surface area (Å²) in [6, 6.07) is 4.07. The molecule has 2 rings (SSSR count). The maximum atomic E-state index is 13.6. The maximum Gasteiger partial charge on any atom is 0.194 e. The molecule has 1 aromatic heterocycles. The summed E-state index contributed by atoms with van der Waals surface area (Å²) in [6.45, 7) is 0.243. The zero-order chi connectivity index (χ0) is 14.0. The number of benzene rings is 1. The fourth-order valence-electron chi connectivity index (χ4n) is 1.72. The topological polar surface area (TPSA) is 48.4 Å². The van der Waals surface area contributed by atoms with Gasteiger partial charge in [-0.25, -0.2) is 13.2 Å². The molecule has 1 heterocycles. The number of rotatable bonds is 4. The number of hydrogen-bond donors (Lipinski definition) is 1. The number of methoxy groups -OCH3 is 1. The summed E-state index contributed by atoms with van der Waals surface area (Å²) in [5.41, 5.74) is 5.61. The van der Waals surface area contributed by atoms with Crippen molar-refractivity contribution in [2.45, 2.75) is 12.6 Å². The lowest BCUT2D eigenvalue weighted by Crippen LogP contribution is -2.14. The monoisotopic (exact) mass is 271 g/mol. The Bertz CT molecular complexity index is 583. The Kier molecular flexibility index (Phi) is 3.92. The summed E-state index contributed by atoms with van der Waals surface area (Å²) in [5.74, 6) is -3.35. The first-order chi connectivity index (χ1) is 9.04. The van der Waals surface area contributed by atoms with Crippen LogP contribution in [-0.4, -0.2) is 7.11 Å². The van der Waals surface area contributed by atoms with E-state index in [4.69, 9.17) is 14.9 Å². The molecule has 102 valence electrons. The second-order valence-corrected chi connectivity index (χ2v) is 3.98. The largest absolute Gasteiger partial charge is 0.462 e. The second-order valence-electron chi connectivity index (χ2n) is 3.98. The third-order valence-electron chi connectivity index (χ3n) is 2.68. The lowest BCUT2D eigenvalue weighted by atomic mass is 10.0. The van der Waals surface area contributed by atoms with Crippen molar-refractivity contribution in [1.82, 2.24) is 0 Å². The first-order valence-electron chi connectivity index (χ1n) is 5.51. The molecule has 0 fully saturated rings. The highest BCUT2D eigenvalue weighted by molar-refractivity contribution is 5.29. The number of furan rings is 1. The minimum Gasteiger partial charge on any atom is -0.462 e. The fraction of sp³-hybridized carbons (Fsp3) is 0.231. The second kappa shape index (κ2) is 5.46. The van der Waals surface area contributed by atoms with Crippen molar-refractivity contribution in [3.8, 4) is 0 Å². The van der Waals surface area contributed by atoms with Crippen LogP contribution < -0.4 is 5.73 Å². The molecule has 0 aliphatic rings. The van der Waals surface area contributed by atoms with E-state index in [1.54, 1.807) is 12.1 Å². The van der Waals surface area contributed by atoms with Gasteiger partial charge in [-0.05, 0) is 18.2 Å². The third-order valence-corrected chi connectivity index (χ3v) is 2.68. The van der Waals surface area contributed by atoms with Gasteiger partial charge in [0, 0.05) is 12.7 Å². The molecule has 1 unspecified atom stereocenters. The Labute approximate surface area is 107 Å². The average molecular weight is 271 g/mol. The van der Waals surface area contributed by atoms with Gasteiger partial charge in [0.2, 0.25) is 0 Å². The highest BCUT2D eigenvalue weighted by Crippen LogP contribution is 2.26. The van der Waals surface area contributed by atoms with Gasteiger partial charge in [-0.1, -0.05) is 6.07 Å². The molecular weight excluding hydrogens is 259 g/mol. The van der Waals surface area contributed by atoms with Crippen molar-refractivity contribution in [2.24, 2.45) is 5.73 Å². The van der Waals surface area contributed by atoms with E-state index in [0.29, 0.717) is 5.76 Å². The maximum absolute atomic E-state index is 13.6. The summed E-state index contributed by atoms with van der Waals surface area (Å²) in [7, 11) is 1.50. The molecule has 0 radical (unpaired) electrons. The van der Waals surface area contributed by atoms with Crippen molar-refractivity contribution in [3.63, 3.8) is 0 Å². The summed E-state index contributed by atoms with van der Waals surface area (Å²) in [4.78, 5) is 0. The Morgan fingerprint density at radius 3 is 2.58 bits per heavy atom. The standard InChI is InChI=1S/C13H12F3NO2/c1-18-6-7-2-5-10(19-7)13(17)8-3-4-9(14)12(16)11(8)15/h2-5,13H,6,17H2,1H3. The minimum absolute atomic E-state index is 0.169. The molecule has 2 aromatic rings. The Morgan fingerprint density at radius 1 is 1.16 bits per heavy atom. The molecule has 0 saturated carbocycles. The molecule has 0 saturated heterocycles. The van der Waals surface area contributed by atoms with Crippen LogP contribution >= 0.6 is 0 Å². The Morgan fingerprint density at radius 2 is 1.89 bits per heavy atom. The smallest absolute Gasteiger partial charge is 0.194 e. The molecule has 0 bridgehead atoms. The molecule has 6 heteroatoms. The minimum atomic E-state index is -1.54. The lowest BCUT2D eigenvalue weighted by Gasteiger charge is -2.11. The molecule has 1 aromatic carbocycles. The van der Waals surface area contributed by atoms with Gasteiger partial charge in [-0.3, -0.25) is 0 Å². The van der Waals surface area contributed by atoms with Crippen LogP contribution in [0, 0.1) is 17.5 Å². The van der Waals surface area contributed by atoms with E-state index in [9.17, 15) is 13.2 Å². The fourth-order valence-corrected chi connectivity index (χ4v) is 1.72. The van der Waals surface area contributed by atoms with E-state index in [1.165, 1.54) is 7.11 Å². The Balaban J connectivity index is 2.33. The molecule has 19 heavy (non-hydrogen) atoms. The number of hydrogen-bond acceptors (Lipinski definition) is 3. The molecule has 0 amide bonds. The molecule has 0 aliphatic carbocycles. The molecule has 0 aliphatic heterocycles. The van der Waals surface area contributed by atoms with Crippen LogP contribution in [0.2, 0.25) is 0 Å². The van der Waals surface area contributed by atoms with Crippen molar-refractivity contribution in [3.05, 3.63) is 58.8 Å². The van der Waals surface area contributed by atoms with E-state index in [1.807, 2.05) is 0 Å². The van der Waals surface area contributed by atoms with Crippen LogP contribution in [0.25, 0.3) is 0 Å². The first-order valence-corrected chi connectivity index (χ1v) is 5.51. The van der Waals surface area contributed by atoms with Crippen molar-refractivity contribution in [2.75, 3.05) is 7.11 Å². The van der Waals surface area contributed by atoms with Crippen molar-refractivity contribution >= 4 is 0 Å². The SMILES string of the molecule is COCc1ccc(C(N)c2ccc(F)c(F)c2F)o1. The van der Waals surface area contributed by atoms with Crippen LogP contribution in [-0.2, 0) is 11.3 Å². The van der Waals surface area contributed by atoms with Gasteiger partial charge in [0.1, 0.15) is 18.1 Å². The zero-order valence-corrected chi connectivity index (χ0v) is 10.1. The van der Waals surface area contributed by atoms with Gasteiger partial charge in [0.25, 0.3) is 0 Å². The average Bonchev–Trinajstić information content (AvgIpc) is 2.85. The summed E-state index contributed by atoms with van der Waals surface area (Å²) >= 11 is 0. The third kappa shape index (κ3) is 2.64. The number of halogens is 3. The number of ether oxygens (including phenoxy) is 1. The van der Waals surface area contributed by atoms with Gasteiger partial charge >= 0.3 is 0 Å². The first kappa shape index (κ1) is 13.6. The number of nitrogens with two attached hydrogens (primary N) is 1. The highest BCUT2D eigenvalue weighted by atomic mass is 19.2. The van der Waals surface area contributed by atoms with E-state index in [-0.39, 0.29) is 17.9 Å². The molecule has 2 N–H and O–H groups in total. The molecule has 3 nitrogen and oxygen atoms in total. The quantitative estimate of drug-likeness (QED) is 0.870. The van der Waals surface area contributed by atoms with E-state index >= 15 is 0 Å². The normalized spacial score (nSPS) is 12.7. The van der Waals surface area contributed by atoms with Crippen LogP contribution in [0.1, 0.15) is 23.1 Å². The van der Waals surface area contributed by atoms with Gasteiger partial charge in [-0.2, -0.15) is 0 Å². The van der Waals surface area contributed by atoms with Crippen LogP contribution in [0.5, 0.6) is 0 Å². The van der Waals surface area contributed by atoms with Gasteiger partial charge in [0.15, 0.2) is 17.5 Å². The molecule has 0 spiro atoms. The molecule has 1 atom stereocenters. The Hall–Kier alpha value is -1.79. The van der Waals surface area contributed by atoms with Crippen LogP contribution in [0.3, 0.4) is 0 Å². The van der Waals surface area contributed by atoms with Crippen molar-refractivity contribution in [1.29, 1.82) is 0 Å². The highest BCUT2D eigenvalue weighted by Gasteiger charge is 2.21. The zero-order valence-electron chi connectivity index (χ0n) is 10.1. The summed E-state index contributed by atoms with van der Waals surface area (Å²) < 4.78 is 49.8. The van der Waals surface area contributed by atoms with Crippen LogP contribution in [0.4, 0.5) is 13.2 Å². The van der Waals surface area contributed by atoms with Gasteiger partial charge in [0.05, 0.1) is 6.04 Å². The summed E-state index contributed by atoms with van der Waals surface area (Å²) in [5, 5.41) is 0. The van der Waals surface area contributed by atoms with E-state index < -0.39 is 23.5 Å². The van der Waals surface area contributed by atoms with Gasteiger partial charge < -0.3 is 14.9 Å². The van der Waals surface area contributed by atoms with Crippen LogP contribution in [0.15, 0.2) is 28.7 Å².